The van der Waals surface area contributed by atoms with Crippen molar-refractivity contribution in [2.75, 3.05) is 5.75 Å². The van der Waals surface area contributed by atoms with Gasteiger partial charge in [0.2, 0.25) is 0 Å². The van der Waals surface area contributed by atoms with Crippen LogP contribution in [0.1, 0.15) is 26.9 Å². The molecular formula is C15H16ClFN2S2. The molecule has 0 spiro atoms. The van der Waals surface area contributed by atoms with Gasteiger partial charge in [0.1, 0.15) is 5.82 Å². The zero-order valence-electron chi connectivity index (χ0n) is 11.4. The van der Waals surface area contributed by atoms with E-state index in [4.69, 9.17) is 17.4 Å². The Labute approximate surface area is 136 Å². The molecule has 0 radical (unpaired) electrons. The molecule has 0 saturated carbocycles. The fraction of sp³-hybridized carbons (Fsp3) is 0.333. The number of nitrogens with one attached hydrogen (secondary N) is 1. The molecule has 2 heterocycles. The first-order valence-corrected chi connectivity index (χ1v) is 9.11. The summed E-state index contributed by atoms with van der Waals surface area (Å²) in [4.78, 5) is 2.69. The Balaban J connectivity index is 1.83. The minimum absolute atomic E-state index is 0.00793. The zero-order chi connectivity index (χ0) is 14.8. The summed E-state index contributed by atoms with van der Waals surface area (Å²) in [6.45, 7) is 0. The van der Waals surface area contributed by atoms with Gasteiger partial charge in [-0.1, -0.05) is 17.7 Å². The maximum atomic E-state index is 13.1. The number of hydrogen-bond donors (Lipinski definition) is 2. The highest BCUT2D eigenvalue weighted by Gasteiger charge is 2.20. The molecule has 1 aromatic carbocycles. The maximum Gasteiger partial charge on any atom is 0.124 e. The zero-order valence-corrected chi connectivity index (χ0v) is 13.8. The second kappa shape index (κ2) is 6.67. The van der Waals surface area contributed by atoms with E-state index in [0.717, 1.165) is 17.7 Å². The van der Waals surface area contributed by atoms with Crippen molar-refractivity contribution in [3.63, 3.8) is 0 Å². The smallest absolute Gasteiger partial charge is 0.124 e. The molecule has 0 saturated heterocycles. The van der Waals surface area contributed by atoms with E-state index in [2.05, 4.69) is 11.5 Å². The SMILES string of the molecule is NNC(Cc1ccc(F)cc1Cl)c1cc2c(s1)CCSC2. The Morgan fingerprint density at radius 2 is 2.24 bits per heavy atom. The molecule has 3 N–H and O–H groups in total. The predicted octanol–water partition coefficient (Wildman–Crippen LogP) is 4.08. The number of thioether (sulfide) groups is 1. The summed E-state index contributed by atoms with van der Waals surface area (Å²) in [7, 11) is 0. The molecule has 1 aromatic heterocycles. The van der Waals surface area contributed by atoms with Gasteiger partial charge in [-0.2, -0.15) is 11.8 Å². The van der Waals surface area contributed by atoms with E-state index in [-0.39, 0.29) is 11.9 Å². The quantitative estimate of drug-likeness (QED) is 0.649. The molecule has 6 heteroatoms. The van der Waals surface area contributed by atoms with Crippen LogP contribution in [0.4, 0.5) is 4.39 Å². The standard InChI is InChI=1S/C15H16ClFN2S2/c16-12-7-11(17)2-1-9(12)5-13(19-18)15-6-10-8-20-4-3-14(10)21-15/h1-2,6-7,13,19H,3-5,8,18H2. The highest BCUT2D eigenvalue weighted by Crippen LogP contribution is 2.35. The first-order valence-electron chi connectivity index (χ1n) is 6.76. The van der Waals surface area contributed by atoms with Crippen molar-refractivity contribution in [2.45, 2.75) is 24.6 Å². The lowest BCUT2D eigenvalue weighted by molar-refractivity contribution is 0.559. The summed E-state index contributed by atoms with van der Waals surface area (Å²) in [5, 5.41) is 0.451. The van der Waals surface area contributed by atoms with E-state index < -0.39 is 0 Å². The first kappa shape index (κ1) is 15.3. The monoisotopic (exact) mass is 342 g/mol. The number of rotatable bonds is 4. The summed E-state index contributed by atoms with van der Waals surface area (Å²) < 4.78 is 13.1. The highest BCUT2D eigenvalue weighted by molar-refractivity contribution is 7.98. The van der Waals surface area contributed by atoms with Gasteiger partial charge in [0, 0.05) is 20.5 Å². The van der Waals surface area contributed by atoms with Crippen molar-refractivity contribution in [1.29, 1.82) is 0 Å². The Hall–Kier alpha value is -0.590. The molecule has 1 aliphatic rings. The van der Waals surface area contributed by atoms with Crippen molar-refractivity contribution in [3.05, 3.63) is 56.0 Å². The number of fused-ring (bicyclic) bond motifs is 1. The molecule has 0 aliphatic carbocycles. The summed E-state index contributed by atoms with van der Waals surface area (Å²) in [5.41, 5.74) is 5.20. The summed E-state index contributed by atoms with van der Waals surface area (Å²) in [6, 6.07) is 6.76. The van der Waals surface area contributed by atoms with E-state index in [1.54, 1.807) is 6.07 Å². The minimum atomic E-state index is -0.315. The fourth-order valence-electron chi connectivity index (χ4n) is 2.49. The Kier molecular flexibility index (Phi) is 4.86. The fourth-order valence-corrected chi connectivity index (χ4v) is 5.17. The van der Waals surface area contributed by atoms with Gasteiger partial charge in [0.05, 0.1) is 6.04 Å². The third-order valence-corrected chi connectivity index (χ3v) is 6.34. The number of hydrogen-bond acceptors (Lipinski definition) is 4. The summed E-state index contributed by atoms with van der Waals surface area (Å²) in [5.74, 6) is 7.69. The van der Waals surface area contributed by atoms with Gasteiger partial charge < -0.3 is 0 Å². The predicted molar refractivity (Wildman–Crippen MR) is 89.4 cm³/mol. The topological polar surface area (TPSA) is 38.0 Å². The van der Waals surface area contributed by atoms with Crippen LogP contribution >= 0.6 is 34.7 Å². The number of nitrogens with two attached hydrogens (primary N) is 1. The van der Waals surface area contributed by atoms with Crippen LogP contribution in [0.15, 0.2) is 24.3 Å². The first-order chi connectivity index (χ1) is 10.2. The van der Waals surface area contributed by atoms with Gasteiger partial charge in [-0.3, -0.25) is 11.3 Å². The summed E-state index contributed by atoms with van der Waals surface area (Å²) in [6.07, 6.45) is 1.79. The highest BCUT2D eigenvalue weighted by atomic mass is 35.5. The third-order valence-electron chi connectivity index (χ3n) is 3.63. The molecule has 1 unspecified atom stereocenters. The van der Waals surface area contributed by atoms with E-state index >= 15 is 0 Å². The number of aryl methyl sites for hydroxylation is 1. The van der Waals surface area contributed by atoms with Gasteiger partial charge in [0.25, 0.3) is 0 Å². The molecule has 2 aromatic rings. The van der Waals surface area contributed by atoms with Crippen molar-refractivity contribution >= 4 is 34.7 Å². The minimum Gasteiger partial charge on any atom is -0.271 e. The van der Waals surface area contributed by atoms with Crippen LogP contribution in [-0.2, 0) is 18.6 Å². The number of hydrazine groups is 1. The van der Waals surface area contributed by atoms with E-state index in [9.17, 15) is 4.39 Å². The van der Waals surface area contributed by atoms with Crippen LogP contribution in [0.3, 0.4) is 0 Å². The van der Waals surface area contributed by atoms with Crippen LogP contribution in [0.2, 0.25) is 5.02 Å². The average Bonchev–Trinajstić information content (AvgIpc) is 2.90. The van der Waals surface area contributed by atoms with Crippen LogP contribution in [0.5, 0.6) is 0 Å². The average molecular weight is 343 g/mol. The molecule has 2 nitrogen and oxygen atoms in total. The van der Waals surface area contributed by atoms with Gasteiger partial charge >= 0.3 is 0 Å². The normalized spacial score (nSPS) is 15.8. The second-order valence-corrected chi connectivity index (χ2v) is 7.74. The maximum absolute atomic E-state index is 13.1. The van der Waals surface area contributed by atoms with Gasteiger partial charge in [-0.15, -0.1) is 11.3 Å². The van der Waals surface area contributed by atoms with Crippen molar-refractivity contribution in [2.24, 2.45) is 5.84 Å². The largest absolute Gasteiger partial charge is 0.271 e. The Bertz CT molecular complexity index is 621. The number of halogens is 2. The molecule has 0 amide bonds. The molecule has 1 atom stereocenters. The molecule has 3 rings (SSSR count). The number of benzene rings is 1. The van der Waals surface area contributed by atoms with Gasteiger partial charge in [0.15, 0.2) is 0 Å². The Morgan fingerprint density at radius 3 is 2.95 bits per heavy atom. The van der Waals surface area contributed by atoms with E-state index in [1.165, 1.54) is 33.2 Å². The van der Waals surface area contributed by atoms with Gasteiger partial charge in [-0.05, 0) is 47.9 Å². The van der Waals surface area contributed by atoms with Crippen molar-refractivity contribution in [1.82, 2.24) is 5.43 Å². The lowest BCUT2D eigenvalue weighted by atomic mass is 10.0. The van der Waals surface area contributed by atoms with Crippen LogP contribution in [0, 0.1) is 5.82 Å². The Morgan fingerprint density at radius 1 is 1.38 bits per heavy atom. The summed E-state index contributed by atoms with van der Waals surface area (Å²) >= 11 is 9.90. The van der Waals surface area contributed by atoms with E-state index in [0.29, 0.717) is 11.4 Å². The van der Waals surface area contributed by atoms with Crippen molar-refractivity contribution in [3.8, 4) is 0 Å². The third kappa shape index (κ3) is 3.43. The van der Waals surface area contributed by atoms with E-state index in [1.807, 2.05) is 23.1 Å². The molecule has 1 aliphatic heterocycles. The second-order valence-electron chi connectivity index (χ2n) is 5.06. The van der Waals surface area contributed by atoms with Gasteiger partial charge in [-0.25, -0.2) is 4.39 Å². The molecule has 0 bridgehead atoms. The van der Waals surface area contributed by atoms with Crippen LogP contribution in [-0.4, -0.2) is 5.75 Å². The molecular weight excluding hydrogens is 327 g/mol. The molecule has 21 heavy (non-hydrogen) atoms. The lowest BCUT2D eigenvalue weighted by Crippen LogP contribution is -2.29. The van der Waals surface area contributed by atoms with Crippen LogP contribution in [0.25, 0.3) is 0 Å². The molecule has 112 valence electrons. The van der Waals surface area contributed by atoms with Crippen molar-refractivity contribution < 1.29 is 4.39 Å². The van der Waals surface area contributed by atoms with Crippen LogP contribution < -0.4 is 11.3 Å². The lowest BCUT2D eigenvalue weighted by Gasteiger charge is -2.15. The number of thiophene rings is 1. The molecule has 0 fully saturated rings.